The Bertz CT molecular complexity index is 1990. The summed E-state index contributed by atoms with van der Waals surface area (Å²) in [7, 11) is 4.86. The molecule has 2 aromatic carbocycles. The van der Waals surface area contributed by atoms with E-state index in [0.717, 1.165) is 56.1 Å². The molecule has 0 saturated heterocycles. The second-order valence-corrected chi connectivity index (χ2v) is 20.2. The molecular formula is C50H67NO8. The van der Waals surface area contributed by atoms with E-state index in [9.17, 15) is 15.0 Å². The molecule has 0 aromatic heterocycles. The van der Waals surface area contributed by atoms with Gasteiger partial charge in [-0.1, -0.05) is 59.3 Å². The molecule has 1 unspecified atom stereocenters. The number of Topliss-reactive ketones (excluding diaryl/α,β-unsaturated/α-hetero) is 1. The Morgan fingerprint density at radius 3 is 2.22 bits per heavy atom. The summed E-state index contributed by atoms with van der Waals surface area (Å²) < 4.78 is 23.3. The molecule has 4 saturated carbocycles. The van der Waals surface area contributed by atoms with E-state index >= 15 is 4.79 Å². The van der Waals surface area contributed by atoms with Crippen molar-refractivity contribution in [3.8, 4) is 17.2 Å². The number of fused-ring (bicyclic) bond motifs is 1. The highest BCUT2D eigenvalue weighted by Gasteiger charge is 2.74. The zero-order valence-electron chi connectivity index (χ0n) is 36.6. The Kier molecular flexibility index (Phi) is 10.8. The number of carbonyl (C=O) groups is 2. The van der Waals surface area contributed by atoms with Gasteiger partial charge in [0.05, 0.1) is 46.1 Å². The molecule has 7 aliphatic rings. The van der Waals surface area contributed by atoms with Gasteiger partial charge in [0.2, 0.25) is 0 Å². The van der Waals surface area contributed by atoms with Crippen LogP contribution in [0.1, 0.15) is 115 Å². The van der Waals surface area contributed by atoms with Gasteiger partial charge in [-0.05, 0) is 129 Å². The molecule has 2 bridgehead atoms. The molecule has 11 atom stereocenters. The van der Waals surface area contributed by atoms with Crippen LogP contribution in [-0.4, -0.2) is 72.7 Å². The largest absolute Gasteiger partial charge is 0.497 e. The summed E-state index contributed by atoms with van der Waals surface area (Å²) in [6.45, 7) is 11.6. The van der Waals surface area contributed by atoms with Crippen molar-refractivity contribution in [2.75, 3.05) is 27.9 Å². The fourth-order valence-corrected chi connectivity index (χ4v) is 13.6. The summed E-state index contributed by atoms with van der Waals surface area (Å²) >= 11 is 0. The van der Waals surface area contributed by atoms with Crippen LogP contribution in [0, 0.1) is 51.2 Å². The van der Waals surface area contributed by atoms with Gasteiger partial charge in [0.25, 0.3) is 0 Å². The molecule has 1 amide bonds. The number of ketones is 1. The molecule has 9 heteroatoms. The number of amides is 1. The first-order valence-corrected chi connectivity index (χ1v) is 22.3. The molecule has 59 heavy (non-hydrogen) atoms. The first kappa shape index (κ1) is 41.9. The molecule has 0 radical (unpaired) electrons. The molecule has 9 nitrogen and oxygen atoms in total. The Morgan fingerprint density at radius 1 is 0.847 bits per heavy atom. The van der Waals surface area contributed by atoms with Crippen molar-refractivity contribution in [2.24, 2.45) is 51.2 Å². The maximum absolute atomic E-state index is 15.1. The molecule has 7 aliphatic carbocycles. The lowest BCUT2D eigenvalue weighted by atomic mass is 9.32. The van der Waals surface area contributed by atoms with Gasteiger partial charge in [-0.2, -0.15) is 0 Å². The van der Waals surface area contributed by atoms with Gasteiger partial charge >= 0.3 is 6.09 Å². The van der Waals surface area contributed by atoms with E-state index < -0.39 is 34.0 Å². The van der Waals surface area contributed by atoms with Crippen LogP contribution < -0.4 is 14.2 Å². The van der Waals surface area contributed by atoms with Crippen molar-refractivity contribution >= 4 is 11.9 Å². The number of nitrogens with zero attached hydrogens (tertiary/aromatic N) is 1. The maximum atomic E-state index is 15.1. The van der Waals surface area contributed by atoms with Gasteiger partial charge in [0.1, 0.15) is 23.4 Å². The Balaban J connectivity index is 1.18. The van der Waals surface area contributed by atoms with Gasteiger partial charge in [-0.15, -0.1) is 0 Å². The molecular weight excluding hydrogens is 743 g/mol. The fraction of sp³-hybridized carbons (Fsp3) is 0.640. The highest BCUT2D eigenvalue weighted by molar-refractivity contribution is 6.10. The summed E-state index contributed by atoms with van der Waals surface area (Å²) in [6.07, 6.45) is 13.8. The second-order valence-electron chi connectivity index (χ2n) is 20.2. The van der Waals surface area contributed by atoms with E-state index in [-0.39, 0.29) is 48.1 Å². The van der Waals surface area contributed by atoms with E-state index in [0.29, 0.717) is 53.9 Å². The normalized spacial score (nSPS) is 38.1. The van der Waals surface area contributed by atoms with Crippen molar-refractivity contribution in [1.82, 2.24) is 4.90 Å². The van der Waals surface area contributed by atoms with Crippen molar-refractivity contribution < 1.29 is 38.7 Å². The van der Waals surface area contributed by atoms with Crippen molar-refractivity contribution in [3.63, 3.8) is 0 Å². The van der Waals surface area contributed by atoms with Crippen LogP contribution in [0.2, 0.25) is 0 Å². The van der Waals surface area contributed by atoms with Crippen LogP contribution >= 0.6 is 0 Å². The van der Waals surface area contributed by atoms with Crippen LogP contribution in [0.3, 0.4) is 0 Å². The Morgan fingerprint density at radius 2 is 1.53 bits per heavy atom. The highest BCUT2D eigenvalue weighted by atomic mass is 16.6. The zero-order valence-corrected chi connectivity index (χ0v) is 36.6. The third-order valence-corrected chi connectivity index (χ3v) is 17.1. The standard InChI is InChI=1S/C50H67NO8/c1-31(2)38-16-9-32(3)25-41(38)59-45(54)51(29-34-12-15-37(57-7)26-40(34)58-8)30-49(55)22-19-43-47(49,5)21-18-42-46(4)20-17-35(52)27-48(46)23-24-50(42,43)39(28-48)44(53)33-10-13-36(56-6)14-11-33/h10-15,23-24,26,28,31-32,35,38,41-43,52,55H,9,16-22,25,27,29-30H2,1-8H3/t32-,35?,38+,41-,42+,43+,46+,47-,48-,49+,50+/m0/s1. The number of methoxy groups -OCH3 is 3. The van der Waals surface area contributed by atoms with E-state index in [1.54, 1.807) is 26.2 Å². The summed E-state index contributed by atoms with van der Waals surface area (Å²) in [5.74, 6) is 3.14. The highest BCUT2D eigenvalue weighted by Crippen LogP contribution is 2.78. The van der Waals surface area contributed by atoms with Crippen molar-refractivity contribution in [3.05, 3.63) is 77.4 Å². The van der Waals surface area contributed by atoms with Gasteiger partial charge < -0.3 is 34.1 Å². The minimum absolute atomic E-state index is 0.00130. The minimum atomic E-state index is -1.27. The van der Waals surface area contributed by atoms with Gasteiger partial charge in [0.15, 0.2) is 5.78 Å². The van der Waals surface area contributed by atoms with Crippen LogP contribution in [-0.2, 0) is 11.3 Å². The van der Waals surface area contributed by atoms with E-state index in [4.69, 9.17) is 18.9 Å². The molecule has 320 valence electrons. The minimum Gasteiger partial charge on any atom is -0.497 e. The van der Waals surface area contributed by atoms with Crippen LogP contribution in [0.15, 0.2) is 66.3 Å². The monoisotopic (exact) mass is 809 g/mol. The molecule has 9 rings (SSSR count). The smallest absolute Gasteiger partial charge is 0.410 e. The number of ether oxygens (including phenoxy) is 4. The number of benzene rings is 2. The molecule has 0 aliphatic heterocycles. The fourth-order valence-electron chi connectivity index (χ4n) is 13.6. The molecule has 0 heterocycles. The second kappa shape index (κ2) is 15.3. The first-order chi connectivity index (χ1) is 28.1. The van der Waals surface area contributed by atoms with Gasteiger partial charge in [0, 0.05) is 39.0 Å². The third kappa shape index (κ3) is 6.54. The van der Waals surface area contributed by atoms with Crippen LogP contribution in [0.4, 0.5) is 4.79 Å². The number of allylic oxidation sites excluding steroid dienone is 4. The summed E-state index contributed by atoms with van der Waals surface area (Å²) in [6, 6.07) is 13.0. The molecule has 2 aromatic rings. The average Bonchev–Trinajstić information content (AvgIpc) is 3.49. The van der Waals surface area contributed by atoms with E-state index in [1.165, 1.54) is 0 Å². The van der Waals surface area contributed by atoms with Crippen LogP contribution in [0.5, 0.6) is 17.2 Å². The number of rotatable bonds is 11. The lowest BCUT2D eigenvalue weighted by molar-refractivity contribution is -0.175. The molecule has 2 spiro atoms. The SMILES string of the molecule is COc1ccc(C(=O)C2=C[C@@]34C=C[C@@]25[C@@H]2CC[C@@](O)(CN(Cc6ccc(OC)cc6OC)C(=O)O[C@H]6C[C@@H](C)CC[C@@H]6C(C)C)[C@@]2(C)CC[C@@H]5[C@@]3(C)CCC(O)C4)cc1. The maximum Gasteiger partial charge on any atom is 0.410 e. The summed E-state index contributed by atoms with van der Waals surface area (Å²) in [5.41, 5.74) is -0.914. The number of aliphatic hydroxyl groups is 2. The number of aliphatic hydroxyl groups excluding tert-OH is 1. The predicted octanol–water partition coefficient (Wildman–Crippen LogP) is 9.59. The zero-order chi connectivity index (χ0) is 42.1. The lowest BCUT2D eigenvalue weighted by Crippen LogP contribution is -2.67. The molecule has 2 N–H and O–H groups in total. The van der Waals surface area contributed by atoms with Crippen molar-refractivity contribution in [1.29, 1.82) is 0 Å². The number of carbonyl (C=O) groups excluding carboxylic acids is 2. The van der Waals surface area contributed by atoms with E-state index in [1.807, 2.05) is 42.5 Å². The van der Waals surface area contributed by atoms with Gasteiger partial charge in [-0.3, -0.25) is 4.79 Å². The average molecular weight is 810 g/mol. The topological polar surface area (TPSA) is 115 Å². The first-order valence-electron chi connectivity index (χ1n) is 22.3. The van der Waals surface area contributed by atoms with Crippen LogP contribution in [0.25, 0.3) is 0 Å². The Labute approximate surface area is 351 Å². The number of hydrogen-bond donors (Lipinski definition) is 2. The summed E-state index contributed by atoms with van der Waals surface area (Å²) in [4.78, 5) is 31.5. The van der Waals surface area contributed by atoms with E-state index in [2.05, 4.69) is 52.8 Å². The Hall–Kier alpha value is -3.82. The number of hydrogen-bond acceptors (Lipinski definition) is 8. The predicted molar refractivity (Wildman–Crippen MR) is 227 cm³/mol. The van der Waals surface area contributed by atoms with Gasteiger partial charge in [-0.25, -0.2) is 4.79 Å². The van der Waals surface area contributed by atoms with Crippen molar-refractivity contribution in [2.45, 2.75) is 123 Å². The lowest BCUT2D eigenvalue weighted by Gasteiger charge is -2.71. The summed E-state index contributed by atoms with van der Waals surface area (Å²) in [5, 5.41) is 24.5. The quantitative estimate of drug-likeness (QED) is 0.171. The third-order valence-electron chi connectivity index (χ3n) is 17.1. The molecule has 4 fully saturated rings.